The molecule has 0 bridgehead atoms. The summed E-state index contributed by atoms with van der Waals surface area (Å²) in [6, 6.07) is 5.69. The van der Waals surface area contributed by atoms with E-state index in [9.17, 15) is 12.8 Å². The molecule has 2 rings (SSSR count). The summed E-state index contributed by atoms with van der Waals surface area (Å²) in [7, 11) is -1.41. The zero-order valence-corrected chi connectivity index (χ0v) is 13.9. The maximum absolute atomic E-state index is 12.9. The average Bonchev–Trinajstić information content (AvgIpc) is 2.82. The third-order valence-electron chi connectivity index (χ3n) is 3.54. The van der Waals surface area contributed by atoms with Crippen molar-refractivity contribution < 1.29 is 17.5 Å². The standard InChI is InChI=1S/C14H19FN2O3S2/c1-20-8-7-17(13-6-9-22(18,19)10-13)14(21)16-12-4-2-11(15)3-5-12/h2-5,13H,6-10H2,1H3,(H,16,21)/t13-/m0/s1. The third kappa shape index (κ3) is 4.62. The fourth-order valence-electron chi connectivity index (χ4n) is 2.39. The van der Waals surface area contributed by atoms with Crippen LogP contribution in [0.25, 0.3) is 0 Å². The van der Waals surface area contributed by atoms with Crippen molar-refractivity contribution in [1.82, 2.24) is 4.90 Å². The molecule has 0 unspecified atom stereocenters. The van der Waals surface area contributed by atoms with Crippen molar-refractivity contribution in [1.29, 1.82) is 0 Å². The summed E-state index contributed by atoms with van der Waals surface area (Å²) in [5.74, 6) is -0.0444. The normalized spacial score (nSPS) is 19.8. The lowest BCUT2D eigenvalue weighted by Gasteiger charge is -2.30. The molecule has 1 aliphatic heterocycles. The monoisotopic (exact) mass is 346 g/mol. The molecule has 5 nitrogen and oxygen atoms in total. The number of thiocarbonyl (C=S) groups is 1. The van der Waals surface area contributed by atoms with Gasteiger partial charge in [0.1, 0.15) is 5.82 Å². The summed E-state index contributed by atoms with van der Waals surface area (Å²) >= 11 is 5.39. The number of rotatable bonds is 5. The predicted octanol–water partition coefficient (Wildman–Crippen LogP) is 1.66. The number of benzene rings is 1. The van der Waals surface area contributed by atoms with Gasteiger partial charge in [-0.15, -0.1) is 0 Å². The van der Waals surface area contributed by atoms with Crippen LogP contribution < -0.4 is 5.32 Å². The number of halogens is 1. The van der Waals surface area contributed by atoms with E-state index < -0.39 is 9.84 Å². The molecule has 1 atom stereocenters. The van der Waals surface area contributed by atoms with E-state index in [1.54, 1.807) is 19.2 Å². The van der Waals surface area contributed by atoms with Gasteiger partial charge in [-0.3, -0.25) is 0 Å². The Labute approximate surface area is 135 Å². The van der Waals surface area contributed by atoms with Gasteiger partial charge in [0.2, 0.25) is 0 Å². The van der Waals surface area contributed by atoms with Gasteiger partial charge < -0.3 is 15.0 Å². The minimum Gasteiger partial charge on any atom is -0.383 e. The number of sulfone groups is 1. The van der Waals surface area contributed by atoms with Crippen LogP contribution in [0, 0.1) is 5.82 Å². The van der Waals surface area contributed by atoms with Crippen LogP contribution in [0.5, 0.6) is 0 Å². The zero-order valence-electron chi connectivity index (χ0n) is 12.3. The quantitative estimate of drug-likeness (QED) is 0.819. The van der Waals surface area contributed by atoms with Crippen molar-refractivity contribution in [2.75, 3.05) is 37.1 Å². The topological polar surface area (TPSA) is 58.6 Å². The fourth-order valence-corrected chi connectivity index (χ4v) is 4.48. The smallest absolute Gasteiger partial charge is 0.173 e. The van der Waals surface area contributed by atoms with Gasteiger partial charge in [-0.05, 0) is 42.9 Å². The Morgan fingerprint density at radius 1 is 1.45 bits per heavy atom. The Morgan fingerprint density at radius 3 is 2.68 bits per heavy atom. The van der Waals surface area contributed by atoms with Gasteiger partial charge in [0, 0.05) is 25.4 Å². The fraction of sp³-hybridized carbons (Fsp3) is 0.500. The van der Waals surface area contributed by atoms with Gasteiger partial charge in [-0.25, -0.2) is 12.8 Å². The summed E-state index contributed by atoms with van der Waals surface area (Å²) in [4.78, 5) is 1.84. The Kier molecular flexibility index (Phi) is 5.71. The number of hydrogen-bond acceptors (Lipinski definition) is 4. The summed E-state index contributed by atoms with van der Waals surface area (Å²) in [5, 5.41) is 3.44. The molecule has 22 heavy (non-hydrogen) atoms. The van der Waals surface area contributed by atoms with Crippen LogP contribution in [0.15, 0.2) is 24.3 Å². The molecule has 0 spiro atoms. The predicted molar refractivity (Wildman–Crippen MR) is 88.3 cm³/mol. The molecule has 8 heteroatoms. The van der Waals surface area contributed by atoms with Crippen LogP contribution in [0.2, 0.25) is 0 Å². The Morgan fingerprint density at radius 2 is 2.14 bits per heavy atom. The van der Waals surface area contributed by atoms with Crippen LogP contribution in [0.3, 0.4) is 0 Å². The number of nitrogens with zero attached hydrogens (tertiary/aromatic N) is 1. The molecule has 1 aliphatic rings. The minimum absolute atomic E-state index is 0.0992. The van der Waals surface area contributed by atoms with Gasteiger partial charge in [0.05, 0.1) is 18.1 Å². The van der Waals surface area contributed by atoms with Gasteiger partial charge in [-0.1, -0.05) is 0 Å². The molecular formula is C14H19FN2O3S2. The second-order valence-electron chi connectivity index (χ2n) is 5.18. The largest absolute Gasteiger partial charge is 0.383 e. The van der Waals surface area contributed by atoms with Crippen molar-refractivity contribution in [3.63, 3.8) is 0 Å². The van der Waals surface area contributed by atoms with E-state index in [1.165, 1.54) is 12.1 Å². The molecule has 1 N–H and O–H groups in total. The Bertz CT molecular complexity index is 619. The highest BCUT2D eigenvalue weighted by atomic mass is 32.2. The first kappa shape index (κ1) is 17.1. The molecule has 0 amide bonds. The molecule has 1 heterocycles. The highest BCUT2D eigenvalue weighted by Gasteiger charge is 2.33. The van der Waals surface area contributed by atoms with E-state index in [2.05, 4.69) is 5.32 Å². The maximum atomic E-state index is 12.9. The number of nitrogens with one attached hydrogen (secondary N) is 1. The van der Waals surface area contributed by atoms with Crippen molar-refractivity contribution in [2.45, 2.75) is 12.5 Å². The highest BCUT2D eigenvalue weighted by molar-refractivity contribution is 7.91. The number of anilines is 1. The van der Waals surface area contributed by atoms with E-state index in [-0.39, 0.29) is 23.4 Å². The van der Waals surface area contributed by atoms with E-state index >= 15 is 0 Å². The van der Waals surface area contributed by atoms with E-state index in [0.717, 1.165) is 0 Å². The van der Waals surface area contributed by atoms with Crippen molar-refractivity contribution in [2.24, 2.45) is 0 Å². The SMILES string of the molecule is COCCN(C(=S)Nc1ccc(F)cc1)[C@H]1CCS(=O)(=O)C1. The molecule has 1 saturated heterocycles. The summed E-state index contributed by atoms with van der Waals surface area (Å²) < 4.78 is 41.3. The first-order valence-electron chi connectivity index (χ1n) is 6.94. The molecule has 0 aliphatic carbocycles. The van der Waals surface area contributed by atoms with E-state index in [1.807, 2.05) is 4.90 Å². The van der Waals surface area contributed by atoms with Gasteiger partial charge in [0.15, 0.2) is 14.9 Å². The molecular weight excluding hydrogens is 327 g/mol. The molecule has 0 saturated carbocycles. The second kappa shape index (κ2) is 7.34. The third-order valence-corrected chi connectivity index (χ3v) is 5.63. The van der Waals surface area contributed by atoms with Gasteiger partial charge >= 0.3 is 0 Å². The first-order chi connectivity index (χ1) is 10.4. The molecule has 1 fully saturated rings. The van der Waals surface area contributed by atoms with Crippen LogP contribution in [0.4, 0.5) is 10.1 Å². The zero-order chi connectivity index (χ0) is 16.2. The molecule has 0 radical (unpaired) electrons. The maximum Gasteiger partial charge on any atom is 0.173 e. The average molecular weight is 346 g/mol. The molecule has 1 aromatic rings. The van der Waals surface area contributed by atoms with Crippen LogP contribution in [-0.2, 0) is 14.6 Å². The lowest BCUT2D eigenvalue weighted by atomic mass is 10.2. The summed E-state index contributed by atoms with van der Waals surface area (Å²) in [5.41, 5.74) is 0.662. The lowest BCUT2D eigenvalue weighted by molar-refractivity contribution is 0.166. The summed E-state index contributed by atoms with van der Waals surface area (Å²) in [6.07, 6.45) is 0.553. The minimum atomic E-state index is -3.00. The molecule has 122 valence electrons. The number of ether oxygens (including phenoxy) is 1. The van der Waals surface area contributed by atoms with Gasteiger partial charge in [0.25, 0.3) is 0 Å². The van der Waals surface area contributed by atoms with Gasteiger partial charge in [-0.2, -0.15) is 0 Å². The molecule has 0 aromatic heterocycles. The van der Waals surface area contributed by atoms with Crippen molar-refractivity contribution in [3.8, 4) is 0 Å². The van der Waals surface area contributed by atoms with Crippen LogP contribution >= 0.6 is 12.2 Å². The van der Waals surface area contributed by atoms with Crippen molar-refractivity contribution >= 4 is 32.9 Å². The van der Waals surface area contributed by atoms with Crippen molar-refractivity contribution in [3.05, 3.63) is 30.1 Å². The number of methoxy groups -OCH3 is 1. The Hall–Kier alpha value is -1.25. The Balaban J connectivity index is 2.07. The van der Waals surface area contributed by atoms with Crippen LogP contribution in [-0.4, -0.2) is 56.2 Å². The lowest BCUT2D eigenvalue weighted by Crippen LogP contribution is -2.45. The van der Waals surface area contributed by atoms with Crippen LogP contribution in [0.1, 0.15) is 6.42 Å². The summed E-state index contributed by atoms with van der Waals surface area (Å²) in [6.45, 7) is 0.950. The second-order valence-corrected chi connectivity index (χ2v) is 7.80. The number of hydrogen-bond donors (Lipinski definition) is 1. The highest BCUT2D eigenvalue weighted by Crippen LogP contribution is 2.19. The molecule has 1 aromatic carbocycles. The van der Waals surface area contributed by atoms with E-state index in [4.69, 9.17) is 17.0 Å². The van der Waals surface area contributed by atoms with E-state index in [0.29, 0.717) is 30.4 Å². The first-order valence-corrected chi connectivity index (χ1v) is 9.17.